The molecule has 4 nitrogen and oxygen atoms in total. The number of hydrogen-bond acceptors (Lipinski definition) is 3. The number of benzene rings is 1. The summed E-state index contributed by atoms with van der Waals surface area (Å²) in [6.45, 7) is 3.50. The second-order valence-electron chi connectivity index (χ2n) is 6.30. The quantitative estimate of drug-likeness (QED) is 0.867. The van der Waals surface area contributed by atoms with Crippen molar-refractivity contribution in [2.45, 2.75) is 43.7 Å². The lowest BCUT2D eigenvalue weighted by atomic mass is 9.80. The molecule has 1 aliphatic heterocycles. The summed E-state index contributed by atoms with van der Waals surface area (Å²) in [5.41, 5.74) is 7.71. The van der Waals surface area contributed by atoms with E-state index in [2.05, 4.69) is 36.1 Å². The number of likely N-dealkylation sites (tertiary alicyclic amines) is 1. The van der Waals surface area contributed by atoms with Gasteiger partial charge in [0, 0.05) is 19.1 Å². The second kappa shape index (κ2) is 4.86. The maximum atomic E-state index is 11.3. The number of hydrogen-bond donors (Lipinski definition) is 2. The largest absolute Gasteiger partial charge is 0.480 e. The SMILES string of the molecule is CC1CCC(N2CCC(N)(C(=O)O)C2)c2ccccc21. The minimum atomic E-state index is -1.07. The minimum absolute atomic E-state index is 0.326. The summed E-state index contributed by atoms with van der Waals surface area (Å²) >= 11 is 0. The third-order valence-corrected chi connectivity index (χ3v) is 4.96. The van der Waals surface area contributed by atoms with E-state index in [9.17, 15) is 9.90 Å². The van der Waals surface area contributed by atoms with Gasteiger partial charge in [0.2, 0.25) is 0 Å². The summed E-state index contributed by atoms with van der Waals surface area (Å²) < 4.78 is 0. The van der Waals surface area contributed by atoms with Gasteiger partial charge in [0.05, 0.1) is 0 Å². The standard InChI is InChI=1S/C16H22N2O2/c1-11-6-7-14(13-5-3-2-4-12(11)13)18-9-8-16(17,10-18)15(19)20/h2-5,11,14H,6-10,17H2,1H3,(H,19,20). The fourth-order valence-electron chi connectivity index (χ4n) is 3.67. The minimum Gasteiger partial charge on any atom is -0.480 e. The van der Waals surface area contributed by atoms with Crippen LogP contribution < -0.4 is 5.73 Å². The molecule has 1 fully saturated rings. The first kappa shape index (κ1) is 13.6. The van der Waals surface area contributed by atoms with Gasteiger partial charge in [-0.15, -0.1) is 0 Å². The first-order valence-electron chi connectivity index (χ1n) is 7.36. The fourth-order valence-corrected chi connectivity index (χ4v) is 3.67. The molecule has 20 heavy (non-hydrogen) atoms. The van der Waals surface area contributed by atoms with E-state index in [1.807, 2.05) is 0 Å². The van der Waals surface area contributed by atoms with Gasteiger partial charge in [-0.1, -0.05) is 31.2 Å². The van der Waals surface area contributed by atoms with E-state index in [1.54, 1.807) is 0 Å². The van der Waals surface area contributed by atoms with E-state index in [-0.39, 0.29) is 0 Å². The molecular formula is C16H22N2O2. The van der Waals surface area contributed by atoms with E-state index >= 15 is 0 Å². The Labute approximate surface area is 119 Å². The molecule has 3 N–H and O–H groups in total. The van der Waals surface area contributed by atoms with Gasteiger partial charge in [0.25, 0.3) is 0 Å². The summed E-state index contributed by atoms with van der Waals surface area (Å²) in [5, 5.41) is 9.27. The van der Waals surface area contributed by atoms with Crippen LogP contribution in [0.5, 0.6) is 0 Å². The van der Waals surface area contributed by atoms with Crippen LogP contribution in [0.4, 0.5) is 0 Å². The van der Waals surface area contributed by atoms with E-state index in [0.717, 1.165) is 19.4 Å². The number of carbonyl (C=O) groups is 1. The highest BCUT2D eigenvalue weighted by molar-refractivity contribution is 5.79. The Morgan fingerprint density at radius 3 is 2.70 bits per heavy atom. The van der Waals surface area contributed by atoms with Crippen molar-refractivity contribution in [3.8, 4) is 0 Å². The predicted octanol–water partition coefficient (Wildman–Crippen LogP) is 2.11. The molecule has 1 aliphatic carbocycles. The Bertz CT molecular complexity index is 531. The number of fused-ring (bicyclic) bond motifs is 1. The van der Waals surface area contributed by atoms with E-state index in [0.29, 0.717) is 24.9 Å². The first-order chi connectivity index (χ1) is 9.51. The van der Waals surface area contributed by atoms with Crippen LogP contribution in [0.1, 0.15) is 49.3 Å². The molecular weight excluding hydrogens is 252 g/mol. The van der Waals surface area contributed by atoms with Gasteiger partial charge >= 0.3 is 5.97 Å². The Morgan fingerprint density at radius 1 is 1.35 bits per heavy atom. The van der Waals surface area contributed by atoms with Crippen molar-refractivity contribution in [3.63, 3.8) is 0 Å². The molecule has 1 aromatic carbocycles. The number of aliphatic carboxylic acids is 1. The zero-order chi connectivity index (χ0) is 14.3. The van der Waals surface area contributed by atoms with Gasteiger partial charge in [0.1, 0.15) is 5.54 Å². The lowest BCUT2D eigenvalue weighted by Crippen LogP contribution is -2.50. The summed E-state index contributed by atoms with van der Waals surface area (Å²) in [6, 6.07) is 8.88. The van der Waals surface area contributed by atoms with Crippen molar-refractivity contribution < 1.29 is 9.90 Å². The van der Waals surface area contributed by atoms with Crippen molar-refractivity contribution in [2.75, 3.05) is 13.1 Å². The van der Waals surface area contributed by atoms with Gasteiger partial charge in [-0.25, -0.2) is 0 Å². The highest BCUT2D eigenvalue weighted by Gasteiger charge is 2.44. The molecule has 108 valence electrons. The molecule has 1 saturated heterocycles. The summed E-state index contributed by atoms with van der Waals surface area (Å²) in [5.74, 6) is -0.287. The summed E-state index contributed by atoms with van der Waals surface area (Å²) in [7, 11) is 0. The van der Waals surface area contributed by atoms with Crippen molar-refractivity contribution >= 4 is 5.97 Å². The van der Waals surface area contributed by atoms with Crippen molar-refractivity contribution in [1.82, 2.24) is 4.90 Å². The molecule has 0 aromatic heterocycles. The third kappa shape index (κ3) is 2.13. The molecule has 1 heterocycles. The van der Waals surface area contributed by atoms with Crippen LogP contribution in [-0.2, 0) is 4.79 Å². The normalized spacial score (nSPS) is 33.9. The van der Waals surface area contributed by atoms with E-state index < -0.39 is 11.5 Å². The van der Waals surface area contributed by atoms with E-state index in [4.69, 9.17) is 5.73 Å². The van der Waals surface area contributed by atoms with Gasteiger partial charge < -0.3 is 10.8 Å². The number of carboxylic acid groups (broad SMARTS) is 1. The Hall–Kier alpha value is -1.39. The number of rotatable bonds is 2. The monoisotopic (exact) mass is 274 g/mol. The predicted molar refractivity (Wildman–Crippen MR) is 77.6 cm³/mol. The third-order valence-electron chi connectivity index (χ3n) is 4.96. The molecule has 0 bridgehead atoms. The summed E-state index contributed by atoms with van der Waals surface area (Å²) in [6.07, 6.45) is 2.78. The van der Waals surface area contributed by atoms with Crippen LogP contribution in [0.25, 0.3) is 0 Å². The van der Waals surface area contributed by atoms with Crippen molar-refractivity contribution in [3.05, 3.63) is 35.4 Å². The molecule has 1 aromatic rings. The molecule has 3 atom stereocenters. The van der Waals surface area contributed by atoms with Gasteiger partial charge in [-0.3, -0.25) is 9.69 Å². The average molecular weight is 274 g/mol. The van der Waals surface area contributed by atoms with Crippen LogP contribution in [0, 0.1) is 0 Å². The van der Waals surface area contributed by atoms with Gasteiger partial charge in [0.15, 0.2) is 0 Å². The first-order valence-corrected chi connectivity index (χ1v) is 7.36. The number of nitrogens with two attached hydrogens (primary N) is 1. The zero-order valence-corrected chi connectivity index (χ0v) is 11.9. The van der Waals surface area contributed by atoms with E-state index in [1.165, 1.54) is 11.1 Å². The maximum Gasteiger partial charge on any atom is 0.325 e. The fraction of sp³-hybridized carbons (Fsp3) is 0.562. The maximum absolute atomic E-state index is 11.3. The smallest absolute Gasteiger partial charge is 0.325 e. The molecule has 3 unspecified atom stereocenters. The zero-order valence-electron chi connectivity index (χ0n) is 11.9. The van der Waals surface area contributed by atoms with Crippen LogP contribution in [-0.4, -0.2) is 34.6 Å². The van der Waals surface area contributed by atoms with Crippen LogP contribution in [0.15, 0.2) is 24.3 Å². The van der Waals surface area contributed by atoms with Crippen LogP contribution >= 0.6 is 0 Å². The Balaban J connectivity index is 1.86. The number of nitrogens with zero attached hydrogens (tertiary/aromatic N) is 1. The molecule has 4 heteroatoms. The molecule has 3 rings (SSSR count). The van der Waals surface area contributed by atoms with Crippen LogP contribution in [0.3, 0.4) is 0 Å². The van der Waals surface area contributed by atoms with Crippen LogP contribution in [0.2, 0.25) is 0 Å². The molecule has 0 radical (unpaired) electrons. The highest BCUT2D eigenvalue weighted by atomic mass is 16.4. The molecule has 0 saturated carbocycles. The lowest BCUT2D eigenvalue weighted by Gasteiger charge is -2.36. The molecule has 0 spiro atoms. The van der Waals surface area contributed by atoms with Crippen molar-refractivity contribution in [2.24, 2.45) is 5.73 Å². The second-order valence-corrected chi connectivity index (χ2v) is 6.30. The van der Waals surface area contributed by atoms with Gasteiger partial charge in [-0.05, 0) is 36.3 Å². The molecule has 2 aliphatic rings. The number of carboxylic acids is 1. The topological polar surface area (TPSA) is 66.6 Å². The van der Waals surface area contributed by atoms with Crippen molar-refractivity contribution in [1.29, 1.82) is 0 Å². The Morgan fingerprint density at radius 2 is 2.05 bits per heavy atom. The summed E-state index contributed by atoms with van der Waals surface area (Å²) in [4.78, 5) is 13.6. The lowest BCUT2D eigenvalue weighted by molar-refractivity contribution is -0.142. The Kier molecular flexibility index (Phi) is 3.30. The molecule has 0 amide bonds. The van der Waals surface area contributed by atoms with Gasteiger partial charge in [-0.2, -0.15) is 0 Å². The average Bonchev–Trinajstić information content (AvgIpc) is 2.83. The highest BCUT2D eigenvalue weighted by Crippen LogP contribution is 2.42.